The Labute approximate surface area is 234 Å². The number of amides is 1. The first-order chi connectivity index (χ1) is 19.5. The lowest BCUT2D eigenvalue weighted by atomic mass is 10.1. The first-order valence-corrected chi connectivity index (χ1v) is 13.1. The van der Waals surface area contributed by atoms with Crippen LogP contribution in [0.5, 0.6) is 23.0 Å². The van der Waals surface area contributed by atoms with Crippen molar-refractivity contribution in [1.29, 1.82) is 0 Å². The van der Waals surface area contributed by atoms with Crippen molar-refractivity contribution in [3.8, 4) is 34.4 Å². The molecule has 1 heterocycles. The summed E-state index contributed by atoms with van der Waals surface area (Å²) in [6.07, 6.45) is 2.19. The molecule has 4 aromatic rings. The molecule has 0 unspecified atom stereocenters. The average Bonchev–Trinajstić information content (AvgIpc) is 3.49. The first kappa shape index (κ1) is 28.5. The van der Waals surface area contributed by atoms with Gasteiger partial charge >= 0.3 is 0 Å². The molecule has 4 rings (SSSR count). The minimum absolute atomic E-state index is 0.0731. The molecule has 3 aromatic carbocycles. The number of rotatable bonds is 14. The Morgan fingerprint density at radius 1 is 0.725 bits per heavy atom. The van der Waals surface area contributed by atoms with Crippen LogP contribution in [-0.4, -0.2) is 62.5 Å². The molecule has 0 aliphatic carbocycles. The molecular formula is C31H35N3O6. The van der Waals surface area contributed by atoms with Crippen molar-refractivity contribution in [3.05, 3.63) is 83.7 Å². The van der Waals surface area contributed by atoms with Gasteiger partial charge in [-0.2, -0.15) is 4.98 Å². The van der Waals surface area contributed by atoms with Crippen molar-refractivity contribution in [2.75, 3.05) is 41.5 Å². The molecule has 1 amide bonds. The summed E-state index contributed by atoms with van der Waals surface area (Å²) in [6, 6.07) is 21.3. The summed E-state index contributed by atoms with van der Waals surface area (Å²) in [4.78, 5) is 19.7. The van der Waals surface area contributed by atoms with Crippen molar-refractivity contribution < 1.29 is 28.3 Å². The minimum Gasteiger partial charge on any atom is -0.493 e. The van der Waals surface area contributed by atoms with Crippen molar-refractivity contribution >= 4 is 5.91 Å². The lowest BCUT2D eigenvalue weighted by Crippen LogP contribution is -2.35. The number of hydrogen-bond donors (Lipinski definition) is 0. The van der Waals surface area contributed by atoms with Crippen LogP contribution in [0.3, 0.4) is 0 Å². The van der Waals surface area contributed by atoms with E-state index in [1.54, 1.807) is 40.6 Å². The van der Waals surface area contributed by atoms with Gasteiger partial charge in [-0.3, -0.25) is 4.79 Å². The molecule has 0 aliphatic heterocycles. The van der Waals surface area contributed by atoms with Gasteiger partial charge in [0.25, 0.3) is 0 Å². The maximum Gasteiger partial charge on any atom is 0.228 e. The highest BCUT2D eigenvalue weighted by Gasteiger charge is 2.18. The fourth-order valence-corrected chi connectivity index (χ4v) is 4.40. The smallest absolute Gasteiger partial charge is 0.228 e. The van der Waals surface area contributed by atoms with Gasteiger partial charge in [-0.05, 0) is 54.3 Å². The van der Waals surface area contributed by atoms with Gasteiger partial charge in [-0.1, -0.05) is 41.6 Å². The first-order valence-electron chi connectivity index (χ1n) is 13.1. The van der Waals surface area contributed by atoms with Crippen LogP contribution in [-0.2, 0) is 24.1 Å². The number of aryl methyl sites for hydroxylation is 1. The molecule has 9 nitrogen and oxygen atoms in total. The van der Waals surface area contributed by atoms with E-state index in [9.17, 15) is 4.79 Å². The highest BCUT2D eigenvalue weighted by atomic mass is 16.5. The Balaban J connectivity index is 1.44. The Bertz CT molecular complexity index is 1390. The Hall–Kier alpha value is -4.53. The number of benzene rings is 3. The molecule has 0 saturated heterocycles. The molecule has 0 radical (unpaired) electrons. The van der Waals surface area contributed by atoms with Gasteiger partial charge in [0.05, 0.1) is 28.4 Å². The van der Waals surface area contributed by atoms with E-state index < -0.39 is 0 Å². The Kier molecular flexibility index (Phi) is 9.99. The van der Waals surface area contributed by atoms with Gasteiger partial charge < -0.3 is 28.4 Å². The van der Waals surface area contributed by atoms with E-state index >= 15 is 0 Å². The average molecular weight is 546 g/mol. The fourth-order valence-electron chi connectivity index (χ4n) is 4.40. The third kappa shape index (κ3) is 7.31. The van der Waals surface area contributed by atoms with Crippen LogP contribution in [0.15, 0.2) is 71.3 Å². The molecule has 0 bridgehead atoms. The second-order valence-electron chi connectivity index (χ2n) is 9.14. The number of nitrogens with zero attached hydrogens (tertiary/aromatic N) is 3. The summed E-state index contributed by atoms with van der Waals surface area (Å²) in [5.41, 5.74) is 2.93. The summed E-state index contributed by atoms with van der Waals surface area (Å²) in [6.45, 7) is 0.994. The second kappa shape index (κ2) is 14.0. The van der Waals surface area contributed by atoms with Crippen LogP contribution in [0, 0.1) is 0 Å². The van der Waals surface area contributed by atoms with Crippen molar-refractivity contribution in [3.63, 3.8) is 0 Å². The van der Waals surface area contributed by atoms with E-state index in [1.165, 1.54) is 0 Å². The molecule has 0 saturated carbocycles. The van der Waals surface area contributed by atoms with E-state index in [1.807, 2.05) is 59.5 Å². The maximum absolute atomic E-state index is 13.3. The number of hydrogen-bond acceptors (Lipinski definition) is 8. The predicted molar refractivity (Wildman–Crippen MR) is 151 cm³/mol. The van der Waals surface area contributed by atoms with Crippen molar-refractivity contribution in [1.82, 2.24) is 15.0 Å². The molecule has 0 spiro atoms. The number of carbonyl (C=O) groups excluding carboxylic acids is 1. The molecule has 9 heteroatoms. The molecule has 0 atom stereocenters. The number of aromatic nitrogens is 2. The zero-order valence-electron chi connectivity index (χ0n) is 23.4. The lowest BCUT2D eigenvalue weighted by Gasteiger charge is -2.22. The predicted octanol–water partition coefficient (Wildman–Crippen LogP) is 5.02. The molecular weight excluding hydrogens is 510 g/mol. The Morgan fingerprint density at radius 3 is 2.08 bits per heavy atom. The normalized spacial score (nSPS) is 10.7. The summed E-state index contributed by atoms with van der Waals surface area (Å²) in [7, 11) is 6.39. The van der Waals surface area contributed by atoms with E-state index in [0.717, 1.165) is 16.7 Å². The van der Waals surface area contributed by atoms with Crippen LogP contribution in [0.25, 0.3) is 11.4 Å². The van der Waals surface area contributed by atoms with E-state index in [0.29, 0.717) is 73.5 Å². The van der Waals surface area contributed by atoms with Gasteiger partial charge in [-0.25, -0.2) is 0 Å². The Morgan fingerprint density at radius 2 is 1.38 bits per heavy atom. The number of methoxy groups -OCH3 is 4. The largest absolute Gasteiger partial charge is 0.493 e. The van der Waals surface area contributed by atoms with E-state index in [2.05, 4.69) is 10.1 Å². The van der Waals surface area contributed by atoms with Crippen molar-refractivity contribution in [2.45, 2.75) is 25.7 Å². The van der Waals surface area contributed by atoms with Crippen molar-refractivity contribution in [2.24, 2.45) is 0 Å². The highest BCUT2D eigenvalue weighted by molar-refractivity contribution is 5.76. The summed E-state index contributed by atoms with van der Waals surface area (Å²) < 4.78 is 27.0. The van der Waals surface area contributed by atoms with Gasteiger partial charge in [0.15, 0.2) is 23.0 Å². The molecule has 0 aliphatic rings. The zero-order valence-corrected chi connectivity index (χ0v) is 23.4. The monoisotopic (exact) mass is 545 g/mol. The summed E-state index contributed by atoms with van der Waals surface area (Å²) in [5.74, 6) is 3.51. The topological polar surface area (TPSA) is 96.2 Å². The van der Waals surface area contributed by atoms with Gasteiger partial charge in [0, 0.05) is 31.5 Å². The summed E-state index contributed by atoms with van der Waals surface area (Å²) in [5, 5.41) is 4.13. The van der Waals surface area contributed by atoms with Gasteiger partial charge in [-0.15, -0.1) is 0 Å². The molecule has 0 fully saturated rings. The number of ether oxygens (including phenoxy) is 4. The minimum atomic E-state index is 0.0731. The van der Waals surface area contributed by atoms with Crippen LogP contribution in [0.2, 0.25) is 0 Å². The van der Waals surface area contributed by atoms with Crippen LogP contribution in [0.1, 0.15) is 23.4 Å². The lowest BCUT2D eigenvalue weighted by molar-refractivity contribution is -0.131. The molecule has 0 N–H and O–H groups in total. The third-order valence-electron chi connectivity index (χ3n) is 6.65. The standard InChI is InChI=1S/C31H35N3O6/c1-36-25-13-10-23(20-27(25)38-3)16-18-34(30(35)15-11-22-8-6-5-7-9-22)19-17-29-32-31(33-40-29)24-12-14-26(37-2)28(21-24)39-4/h5-10,12-14,20-21H,11,15-19H2,1-4H3. The fraction of sp³-hybridized carbons (Fsp3) is 0.323. The van der Waals surface area contributed by atoms with Crippen LogP contribution in [0.4, 0.5) is 0 Å². The quantitative estimate of drug-likeness (QED) is 0.218. The highest BCUT2D eigenvalue weighted by Crippen LogP contribution is 2.31. The molecule has 1 aromatic heterocycles. The second-order valence-corrected chi connectivity index (χ2v) is 9.14. The van der Waals surface area contributed by atoms with E-state index in [4.69, 9.17) is 23.5 Å². The molecule has 40 heavy (non-hydrogen) atoms. The van der Waals surface area contributed by atoms with Gasteiger partial charge in [0.1, 0.15) is 0 Å². The summed E-state index contributed by atoms with van der Waals surface area (Å²) >= 11 is 0. The molecule has 210 valence electrons. The SMILES string of the molecule is COc1ccc(CCN(CCc2nc(-c3ccc(OC)c(OC)c3)no2)C(=O)CCc2ccccc2)cc1OC. The van der Waals surface area contributed by atoms with Gasteiger partial charge in [0.2, 0.25) is 17.6 Å². The maximum atomic E-state index is 13.3. The third-order valence-corrected chi connectivity index (χ3v) is 6.65. The van der Waals surface area contributed by atoms with Crippen LogP contribution >= 0.6 is 0 Å². The zero-order chi connectivity index (χ0) is 28.3. The number of carbonyl (C=O) groups is 1. The van der Waals surface area contributed by atoms with Crippen LogP contribution < -0.4 is 18.9 Å². The van der Waals surface area contributed by atoms with E-state index in [-0.39, 0.29) is 5.91 Å².